The van der Waals surface area contributed by atoms with E-state index in [1.54, 1.807) is 23.4 Å². The van der Waals surface area contributed by atoms with Gasteiger partial charge < -0.3 is 4.57 Å². The number of aromatic nitrogens is 4. The zero-order valence-corrected chi connectivity index (χ0v) is 15.2. The van der Waals surface area contributed by atoms with Crippen LogP contribution >= 0.6 is 11.8 Å². The molecule has 0 N–H and O–H groups in total. The molecule has 0 amide bonds. The molecule has 0 saturated heterocycles. The lowest BCUT2D eigenvalue weighted by Gasteiger charge is -2.10. The quantitative estimate of drug-likeness (QED) is 0.401. The maximum atomic E-state index is 12.6. The summed E-state index contributed by atoms with van der Waals surface area (Å²) in [5.41, 5.74) is 2.74. The van der Waals surface area contributed by atoms with Crippen molar-refractivity contribution in [2.24, 2.45) is 7.05 Å². The predicted molar refractivity (Wildman–Crippen MR) is 106 cm³/mol. The SMILES string of the molecule is C=CCn1c(SCc2nc3ccccc3c(=O)n2C)nc2ccccc21. The molecule has 0 bridgehead atoms. The first kappa shape index (κ1) is 16.6. The summed E-state index contributed by atoms with van der Waals surface area (Å²) in [5.74, 6) is 1.30. The molecule has 0 unspecified atom stereocenters. The van der Waals surface area contributed by atoms with Crippen LogP contribution in [-0.4, -0.2) is 19.1 Å². The van der Waals surface area contributed by atoms with E-state index in [2.05, 4.69) is 22.2 Å². The summed E-state index contributed by atoms with van der Waals surface area (Å²) >= 11 is 1.58. The van der Waals surface area contributed by atoms with Crippen LogP contribution < -0.4 is 5.56 Å². The average molecular weight is 362 g/mol. The third-order valence-corrected chi connectivity index (χ3v) is 5.31. The van der Waals surface area contributed by atoms with Gasteiger partial charge in [0.1, 0.15) is 5.82 Å². The van der Waals surface area contributed by atoms with Gasteiger partial charge in [-0.2, -0.15) is 0 Å². The summed E-state index contributed by atoms with van der Waals surface area (Å²) in [4.78, 5) is 21.9. The second-order valence-electron chi connectivity index (χ2n) is 5.98. The lowest BCUT2D eigenvalue weighted by molar-refractivity contribution is 0.744. The summed E-state index contributed by atoms with van der Waals surface area (Å²) in [6.07, 6.45) is 1.86. The fourth-order valence-corrected chi connectivity index (χ4v) is 4.00. The minimum Gasteiger partial charge on any atom is -0.315 e. The monoisotopic (exact) mass is 362 g/mol. The van der Waals surface area contributed by atoms with Gasteiger partial charge in [0.25, 0.3) is 5.56 Å². The molecule has 0 radical (unpaired) electrons. The Hall–Kier alpha value is -2.86. The normalized spacial score (nSPS) is 11.3. The third-order valence-electron chi connectivity index (χ3n) is 4.34. The number of fused-ring (bicyclic) bond motifs is 2. The molecule has 6 heteroatoms. The van der Waals surface area contributed by atoms with Crippen molar-refractivity contribution >= 4 is 33.7 Å². The molecule has 0 spiro atoms. The van der Waals surface area contributed by atoms with Crippen molar-refractivity contribution in [3.63, 3.8) is 0 Å². The maximum Gasteiger partial charge on any atom is 0.261 e. The van der Waals surface area contributed by atoms with Gasteiger partial charge in [0, 0.05) is 13.6 Å². The second kappa shape index (κ2) is 6.80. The number of hydrogen-bond acceptors (Lipinski definition) is 4. The highest BCUT2D eigenvalue weighted by Gasteiger charge is 2.13. The van der Waals surface area contributed by atoms with Gasteiger partial charge in [0.2, 0.25) is 0 Å². The topological polar surface area (TPSA) is 52.7 Å². The Balaban J connectivity index is 1.72. The fraction of sp³-hybridized carbons (Fsp3) is 0.150. The van der Waals surface area contributed by atoms with Crippen molar-refractivity contribution in [2.75, 3.05) is 0 Å². The largest absolute Gasteiger partial charge is 0.315 e. The molecule has 26 heavy (non-hydrogen) atoms. The number of para-hydroxylation sites is 3. The van der Waals surface area contributed by atoms with E-state index < -0.39 is 0 Å². The molecular weight excluding hydrogens is 344 g/mol. The van der Waals surface area contributed by atoms with E-state index in [4.69, 9.17) is 4.98 Å². The van der Waals surface area contributed by atoms with Crippen LogP contribution in [0.5, 0.6) is 0 Å². The zero-order valence-electron chi connectivity index (χ0n) is 14.4. The minimum absolute atomic E-state index is 0.0224. The molecule has 2 aromatic carbocycles. The van der Waals surface area contributed by atoms with Crippen molar-refractivity contribution in [3.8, 4) is 0 Å². The number of benzene rings is 2. The number of imidazole rings is 1. The molecule has 5 nitrogen and oxygen atoms in total. The van der Waals surface area contributed by atoms with E-state index in [-0.39, 0.29) is 5.56 Å². The Morgan fingerprint density at radius 2 is 1.81 bits per heavy atom. The van der Waals surface area contributed by atoms with E-state index in [1.165, 1.54) is 0 Å². The Labute approximate surface area is 155 Å². The van der Waals surface area contributed by atoms with Gasteiger partial charge in [-0.25, -0.2) is 9.97 Å². The molecule has 4 rings (SSSR count). The van der Waals surface area contributed by atoms with E-state index in [1.807, 2.05) is 48.5 Å². The zero-order chi connectivity index (χ0) is 18.1. The van der Waals surface area contributed by atoms with Gasteiger partial charge in [-0.3, -0.25) is 9.36 Å². The molecule has 4 aromatic rings. The van der Waals surface area contributed by atoms with Gasteiger partial charge in [-0.1, -0.05) is 42.1 Å². The molecular formula is C20H18N4OS. The lowest BCUT2D eigenvalue weighted by atomic mass is 10.2. The molecule has 2 aromatic heterocycles. The Kier molecular flexibility index (Phi) is 4.34. The number of thioether (sulfide) groups is 1. The third kappa shape index (κ3) is 2.82. The predicted octanol–water partition coefficient (Wildman–Crippen LogP) is 3.76. The first-order valence-electron chi connectivity index (χ1n) is 8.32. The average Bonchev–Trinajstić information content (AvgIpc) is 3.02. The van der Waals surface area contributed by atoms with Gasteiger partial charge in [0.15, 0.2) is 5.16 Å². The van der Waals surface area contributed by atoms with Crippen molar-refractivity contribution in [2.45, 2.75) is 17.5 Å². The maximum absolute atomic E-state index is 12.6. The number of hydrogen-bond donors (Lipinski definition) is 0. The molecule has 130 valence electrons. The first-order valence-corrected chi connectivity index (χ1v) is 9.31. The van der Waals surface area contributed by atoms with Crippen molar-refractivity contribution in [3.05, 3.63) is 77.4 Å². The Bertz CT molecular complexity index is 1180. The van der Waals surface area contributed by atoms with E-state index in [9.17, 15) is 4.79 Å². The number of rotatable bonds is 5. The van der Waals surface area contributed by atoms with Crippen LogP contribution in [0, 0.1) is 0 Å². The highest BCUT2D eigenvalue weighted by atomic mass is 32.2. The van der Waals surface area contributed by atoms with E-state index in [0.29, 0.717) is 17.7 Å². The van der Waals surface area contributed by atoms with Gasteiger partial charge in [-0.15, -0.1) is 6.58 Å². The summed E-state index contributed by atoms with van der Waals surface area (Å²) in [6, 6.07) is 15.5. The Morgan fingerprint density at radius 1 is 1.08 bits per heavy atom. The minimum atomic E-state index is -0.0224. The first-order chi connectivity index (χ1) is 12.7. The molecule has 0 aliphatic rings. The molecule has 0 aliphatic heterocycles. The summed E-state index contributed by atoms with van der Waals surface area (Å²) in [6.45, 7) is 4.53. The molecule has 2 heterocycles. The molecule has 0 aliphatic carbocycles. The highest BCUT2D eigenvalue weighted by Crippen LogP contribution is 2.26. The number of nitrogens with zero attached hydrogens (tertiary/aromatic N) is 4. The lowest BCUT2D eigenvalue weighted by Crippen LogP contribution is -2.22. The Morgan fingerprint density at radius 3 is 2.62 bits per heavy atom. The van der Waals surface area contributed by atoms with Crippen LogP contribution in [0.2, 0.25) is 0 Å². The summed E-state index contributed by atoms with van der Waals surface area (Å²) in [7, 11) is 1.77. The number of allylic oxidation sites excluding steroid dienone is 1. The molecule has 0 saturated carbocycles. The van der Waals surface area contributed by atoms with Gasteiger partial charge >= 0.3 is 0 Å². The van der Waals surface area contributed by atoms with Crippen LogP contribution in [0.1, 0.15) is 5.82 Å². The smallest absolute Gasteiger partial charge is 0.261 e. The highest BCUT2D eigenvalue weighted by molar-refractivity contribution is 7.98. The van der Waals surface area contributed by atoms with Gasteiger partial charge in [0.05, 0.1) is 27.7 Å². The van der Waals surface area contributed by atoms with Crippen molar-refractivity contribution in [1.29, 1.82) is 0 Å². The molecule has 0 fully saturated rings. The van der Waals surface area contributed by atoms with E-state index in [0.717, 1.165) is 27.5 Å². The summed E-state index contributed by atoms with van der Waals surface area (Å²) in [5, 5.41) is 1.54. The van der Waals surface area contributed by atoms with Crippen LogP contribution in [0.25, 0.3) is 21.9 Å². The second-order valence-corrected chi connectivity index (χ2v) is 6.92. The van der Waals surface area contributed by atoms with Gasteiger partial charge in [-0.05, 0) is 24.3 Å². The van der Waals surface area contributed by atoms with Crippen molar-refractivity contribution < 1.29 is 0 Å². The fourth-order valence-electron chi connectivity index (χ4n) is 2.99. The standard InChI is InChI=1S/C20H18N4OS/c1-3-12-24-17-11-7-6-10-16(17)22-20(24)26-13-18-21-15-9-5-4-8-14(15)19(25)23(18)2/h3-11H,1,12-13H2,2H3. The van der Waals surface area contributed by atoms with Crippen molar-refractivity contribution in [1.82, 2.24) is 19.1 Å². The van der Waals surface area contributed by atoms with Crippen LogP contribution in [-0.2, 0) is 19.3 Å². The van der Waals surface area contributed by atoms with Crippen LogP contribution in [0.3, 0.4) is 0 Å². The van der Waals surface area contributed by atoms with E-state index >= 15 is 0 Å². The molecule has 0 atom stereocenters. The van der Waals surface area contributed by atoms with Crippen LogP contribution in [0.15, 0.2) is 71.1 Å². The van der Waals surface area contributed by atoms with Crippen LogP contribution in [0.4, 0.5) is 0 Å². The summed E-state index contributed by atoms with van der Waals surface area (Å²) < 4.78 is 3.75.